The summed E-state index contributed by atoms with van der Waals surface area (Å²) in [6, 6.07) is 0. The summed E-state index contributed by atoms with van der Waals surface area (Å²) in [5.74, 6) is 5.31. The molecule has 108 valence electrons. The van der Waals surface area contributed by atoms with Crippen molar-refractivity contribution in [3.8, 4) is 5.88 Å². The molecule has 20 heavy (non-hydrogen) atoms. The van der Waals surface area contributed by atoms with Gasteiger partial charge in [0.15, 0.2) is 11.2 Å². The number of hydrogen-bond donors (Lipinski definition) is 0. The first kappa shape index (κ1) is 14.3. The summed E-state index contributed by atoms with van der Waals surface area (Å²) in [6.07, 6.45) is 1.51. The van der Waals surface area contributed by atoms with Crippen LogP contribution in [0.15, 0.2) is 6.33 Å². The Balaban J connectivity index is 1.99. The van der Waals surface area contributed by atoms with Crippen LogP contribution in [0.5, 0.6) is 5.88 Å². The lowest BCUT2D eigenvalue weighted by molar-refractivity contribution is 0.401. The van der Waals surface area contributed by atoms with E-state index in [1.165, 1.54) is 17.8 Å². The fourth-order valence-electron chi connectivity index (χ4n) is 2.25. The lowest BCUT2D eigenvalue weighted by Crippen LogP contribution is -2.21. The van der Waals surface area contributed by atoms with E-state index in [4.69, 9.17) is 16.3 Å². The summed E-state index contributed by atoms with van der Waals surface area (Å²) < 4.78 is 7.36. The lowest BCUT2D eigenvalue weighted by Gasteiger charge is -2.22. The highest BCUT2D eigenvalue weighted by Crippen LogP contribution is 2.28. The second kappa shape index (κ2) is 6.41. The van der Waals surface area contributed by atoms with Gasteiger partial charge in [0.05, 0.1) is 13.0 Å². The Kier molecular flexibility index (Phi) is 4.58. The summed E-state index contributed by atoms with van der Waals surface area (Å²) in [5, 5.41) is 0.578. The van der Waals surface area contributed by atoms with Gasteiger partial charge in [0.2, 0.25) is 5.88 Å². The van der Waals surface area contributed by atoms with Gasteiger partial charge in [-0.2, -0.15) is 28.5 Å². The molecule has 0 amide bonds. The number of alkyl halides is 1. The van der Waals surface area contributed by atoms with Crippen LogP contribution in [0.25, 0.3) is 11.2 Å². The van der Waals surface area contributed by atoms with E-state index in [9.17, 15) is 0 Å². The average molecular weight is 331 g/mol. The highest BCUT2D eigenvalue weighted by Gasteiger charge is 2.21. The van der Waals surface area contributed by atoms with Gasteiger partial charge in [-0.05, 0) is 0 Å². The van der Waals surface area contributed by atoms with E-state index in [-0.39, 0.29) is 0 Å². The lowest BCUT2D eigenvalue weighted by atomic mass is 10.4. The van der Waals surface area contributed by atoms with Crippen LogP contribution < -0.4 is 4.74 Å². The van der Waals surface area contributed by atoms with Crippen LogP contribution in [0.4, 0.5) is 0 Å². The monoisotopic (exact) mass is 330 g/mol. The Hall–Kier alpha value is -0.660. The number of ether oxygens (including phenoxy) is 1. The standard InChI is InChI=1S/C12H15ClN4OS2/c1-18-12-10-11(14-7-15-12)17(9(4-13)16-10)5-8-6-19-2-3-20-8/h7-8H,2-6H2,1H3. The summed E-state index contributed by atoms with van der Waals surface area (Å²) in [4.78, 5) is 13.0. The van der Waals surface area contributed by atoms with Crippen LogP contribution in [0.2, 0.25) is 0 Å². The number of fused-ring (bicyclic) bond motifs is 1. The van der Waals surface area contributed by atoms with E-state index in [0.29, 0.717) is 22.5 Å². The predicted octanol–water partition coefficient (Wildman–Crippen LogP) is 2.42. The Morgan fingerprint density at radius 3 is 3.05 bits per heavy atom. The van der Waals surface area contributed by atoms with Crippen LogP contribution in [-0.4, -0.2) is 49.1 Å². The molecular formula is C12H15ClN4OS2. The van der Waals surface area contributed by atoms with Crippen molar-refractivity contribution < 1.29 is 4.74 Å². The number of halogens is 1. The third kappa shape index (κ3) is 2.71. The molecule has 3 rings (SSSR count). The summed E-state index contributed by atoms with van der Waals surface area (Å²) in [5.41, 5.74) is 1.50. The Bertz CT molecular complexity index is 600. The van der Waals surface area contributed by atoms with E-state index >= 15 is 0 Å². The zero-order valence-corrected chi connectivity index (χ0v) is 13.5. The van der Waals surface area contributed by atoms with Crippen LogP contribution in [0, 0.1) is 0 Å². The Labute approximate surface area is 130 Å². The van der Waals surface area contributed by atoms with Gasteiger partial charge in [-0.25, -0.2) is 9.97 Å². The van der Waals surface area contributed by atoms with Crippen molar-refractivity contribution in [2.24, 2.45) is 0 Å². The van der Waals surface area contributed by atoms with Crippen molar-refractivity contribution in [2.75, 3.05) is 24.4 Å². The maximum Gasteiger partial charge on any atom is 0.245 e. The molecule has 0 radical (unpaired) electrons. The molecule has 5 nitrogen and oxygen atoms in total. The fraction of sp³-hybridized carbons (Fsp3) is 0.583. The van der Waals surface area contributed by atoms with Crippen LogP contribution >= 0.6 is 35.1 Å². The van der Waals surface area contributed by atoms with E-state index in [0.717, 1.165) is 23.8 Å². The molecule has 1 atom stereocenters. The maximum absolute atomic E-state index is 6.03. The molecule has 1 aliphatic rings. The average Bonchev–Trinajstić information content (AvgIpc) is 2.86. The number of imidazole rings is 1. The molecule has 0 spiro atoms. The van der Waals surface area contributed by atoms with Crippen molar-refractivity contribution in [3.05, 3.63) is 12.2 Å². The molecule has 1 aliphatic heterocycles. The quantitative estimate of drug-likeness (QED) is 0.802. The highest BCUT2D eigenvalue weighted by atomic mass is 35.5. The van der Waals surface area contributed by atoms with Gasteiger partial charge >= 0.3 is 0 Å². The molecule has 0 aromatic carbocycles. The van der Waals surface area contributed by atoms with E-state index in [1.54, 1.807) is 7.11 Å². The van der Waals surface area contributed by atoms with Crippen LogP contribution in [-0.2, 0) is 12.4 Å². The SMILES string of the molecule is COc1ncnc2c1nc(CCl)n2CC1CSCCS1. The summed E-state index contributed by atoms with van der Waals surface area (Å²) in [6.45, 7) is 0.885. The van der Waals surface area contributed by atoms with Gasteiger partial charge in [-0.3, -0.25) is 0 Å². The first-order valence-electron chi connectivity index (χ1n) is 6.33. The van der Waals surface area contributed by atoms with E-state index < -0.39 is 0 Å². The molecule has 0 aliphatic carbocycles. The smallest absolute Gasteiger partial charge is 0.245 e. The normalized spacial score (nSPS) is 19.4. The van der Waals surface area contributed by atoms with Gasteiger partial charge in [-0.15, -0.1) is 11.6 Å². The van der Waals surface area contributed by atoms with Crippen LogP contribution in [0.1, 0.15) is 5.82 Å². The van der Waals surface area contributed by atoms with Gasteiger partial charge in [0, 0.05) is 29.1 Å². The van der Waals surface area contributed by atoms with Crippen molar-refractivity contribution in [2.45, 2.75) is 17.7 Å². The Morgan fingerprint density at radius 1 is 1.45 bits per heavy atom. The minimum absolute atomic E-state index is 0.365. The van der Waals surface area contributed by atoms with Crippen molar-refractivity contribution in [3.63, 3.8) is 0 Å². The van der Waals surface area contributed by atoms with Gasteiger partial charge in [0.1, 0.15) is 12.2 Å². The summed E-state index contributed by atoms with van der Waals surface area (Å²) in [7, 11) is 1.59. The molecule has 2 aromatic heterocycles. The van der Waals surface area contributed by atoms with Crippen molar-refractivity contribution in [1.29, 1.82) is 0 Å². The van der Waals surface area contributed by atoms with E-state index in [2.05, 4.69) is 19.5 Å². The molecule has 0 N–H and O–H groups in total. The molecule has 1 saturated heterocycles. The molecule has 3 heterocycles. The molecular weight excluding hydrogens is 316 g/mol. The molecule has 8 heteroatoms. The zero-order valence-electron chi connectivity index (χ0n) is 11.1. The molecule has 1 unspecified atom stereocenters. The number of hydrogen-bond acceptors (Lipinski definition) is 6. The highest BCUT2D eigenvalue weighted by molar-refractivity contribution is 8.06. The molecule has 1 fully saturated rings. The fourth-order valence-corrected chi connectivity index (χ4v) is 5.11. The molecule has 0 saturated carbocycles. The van der Waals surface area contributed by atoms with Gasteiger partial charge < -0.3 is 9.30 Å². The third-order valence-electron chi connectivity index (χ3n) is 3.16. The first-order chi connectivity index (χ1) is 9.83. The summed E-state index contributed by atoms with van der Waals surface area (Å²) >= 11 is 10.1. The van der Waals surface area contributed by atoms with Gasteiger partial charge in [0.25, 0.3) is 0 Å². The first-order valence-corrected chi connectivity index (χ1v) is 9.06. The molecule has 0 bridgehead atoms. The number of thioether (sulfide) groups is 2. The van der Waals surface area contributed by atoms with Crippen molar-refractivity contribution in [1.82, 2.24) is 19.5 Å². The number of aromatic nitrogens is 4. The Morgan fingerprint density at radius 2 is 2.35 bits per heavy atom. The maximum atomic E-state index is 6.03. The second-order valence-corrected chi connectivity index (χ2v) is 7.22. The number of rotatable bonds is 4. The second-order valence-electron chi connectivity index (χ2n) is 4.40. The predicted molar refractivity (Wildman–Crippen MR) is 85.0 cm³/mol. The molecule has 2 aromatic rings. The third-order valence-corrected chi connectivity index (χ3v) is 6.23. The van der Waals surface area contributed by atoms with Crippen molar-refractivity contribution >= 4 is 46.3 Å². The largest absolute Gasteiger partial charge is 0.479 e. The number of methoxy groups -OCH3 is 1. The minimum Gasteiger partial charge on any atom is -0.479 e. The number of nitrogens with zero attached hydrogens (tertiary/aromatic N) is 4. The minimum atomic E-state index is 0.365. The van der Waals surface area contributed by atoms with Gasteiger partial charge in [-0.1, -0.05) is 0 Å². The zero-order chi connectivity index (χ0) is 13.9. The van der Waals surface area contributed by atoms with E-state index in [1.807, 2.05) is 23.5 Å². The topological polar surface area (TPSA) is 52.8 Å². The van der Waals surface area contributed by atoms with Crippen LogP contribution in [0.3, 0.4) is 0 Å².